The maximum absolute atomic E-state index is 13.1. The van der Waals surface area contributed by atoms with Crippen LogP contribution in [0.4, 0.5) is 5.13 Å². The molecule has 1 aliphatic rings. The Bertz CT molecular complexity index is 1070. The highest BCUT2D eigenvalue weighted by Crippen LogP contribution is 2.37. The smallest absolute Gasteiger partial charge is 0.255 e. The van der Waals surface area contributed by atoms with Gasteiger partial charge in [-0.25, -0.2) is 4.98 Å². The lowest BCUT2D eigenvalue weighted by Crippen LogP contribution is -2.32. The Hall–Kier alpha value is -3.39. The molecule has 0 aliphatic carbocycles. The van der Waals surface area contributed by atoms with Crippen molar-refractivity contribution in [1.29, 1.82) is 0 Å². The Balaban J connectivity index is 1.67. The van der Waals surface area contributed by atoms with Crippen molar-refractivity contribution >= 4 is 28.3 Å². The van der Waals surface area contributed by atoms with Crippen molar-refractivity contribution in [3.63, 3.8) is 0 Å². The highest BCUT2D eigenvalue weighted by atomic mass is 32.1. The molecule has 4 rings (SSSR count). The molecule has 2 amide bonds. The van der Waals surface area contributed by atoms with E-state index in [4.69, 9.17) is 9.47 Å². The summed E-state index contributed by atoms with van der Waals surface area (Å²) >= 11 is 1.35. The van der Waals surface area contributed by atoms with E-state index in [0.717, 1.165) is 11.1 Å². The number of aromatic nitrogens is 1. The number of methoxy groups -OCH3 is 2. The normalized spacial score (nSPS) is 13.7. The van der Waals surface area contributed by atoms with Gasteiger partial charge in [0.15, 0.2) is 16.6 Å². The predicted octanol–water partition coefficient (Wildman–Crippen LogP) is 3.89. The van der Waals surface area contributed by atoms with Crippen LogP contribution in [0.3, 0.4) is 0 Å². The first-order chi connectivity index (χ1) is 14.6. The lowest BCUT2D eigenvalue weighted by Gasteiger charge is -2.28. The van der Waals surface area contributed by atoms with Crippen LogP contribution in [0.1, 0.15) is 33.9 Å². The van der Waals surface area contributed by atoms with E-state index in [1.807, 2.05) is 36.4 Å². The number of ether oxygens (including phenoxy) is 2. The van der Waals surface area contributed by atoms with Crippen molar-refractivity contribution in [3.05, 3.63) is 70.7 Å². The molecule has 2 aromatic carbocycles. The fourth-order valence-corrected chi connectivity index (χ4v) is 4.17. The molecule has 2 heterocycles. The average molecular weight is 423 g/mol. The van der Waals surface area contributed by atoms with Crippen LogP contribution in [0.15, 0.2) is 54.0 Å². The molecule has 0 saturated heterocycles. The summed E-state index contributed by atoms with van der Waals surface area (Å²) in [5.74, 6) is 0.827. The third kappa shape index (κ3) is 3.86. The van der Waals surface area contributed by atoms with E-state index in [1.54, 1.807) is 36.8 Å². The minimum Gasteiger partial charge on any atom is -0.493 e. The summed E-state index contributed by atoms with van der Waals surface area (Å²) in [5.41, 5.74) is 2.42. The number of amides is 2. The van der Waals surface area contributed by atoms with Gasteiger partial charge in [0.25, 0.3) is 5.91 Å². The first-order valence-electron chi connectivity index (χ1n) is 9.41. The number of carbonyl (C=O) groups excluding carboxylic acids is 2. The quantitative estimate of drug-likeness (QED) is 0.624. The SMILES string of the molecule is COc1ccc([C@@H](CC(=O)Nc2nccs2)N2Cc3ccccc3C2=O)cc1OC. The fraction of sp³-hybridized carbons (Fsp3) is 0.227. The van der Waals surface area contributed by atoms with Crippen LogP contribution in [0, 0.1) is 0 Å². The number of fused-ring (bicyclic) bond motifs is 1. The fourth-order valence-electron chi connectivity index (χ4n) is 3.63. The Labute approximate surface area is 178 Å². The maximum Gasteiger partial charge on any atom is 0.255 e. The third-order valence-corrected chi connectivity index (χ3v) is 5.76. The minimum atomic E-state index is -0.468. The van der Waals surface area contributed by atoms with E-state index >= 15 is 0 Å². The minimum absolute atomic E-state index is 0.0903. The van der Waals surface area contributed by atoms with Crippen molar-refractivity contribution in [1.82, 2.24) is 9.88 Å². The van der Waals surface area contributed by atoms with Gasteiger partial charge >= 0.3 is 0 Å². The molecule has 154 valence electrons. The molecule has 7 nitrogen and oxygen atoms in total. The van der Waals surface area contributed by atoms with Crippen molar-refractivity contribution in [2.45, 2.75) is 19.0 Å². The summed E-state index contributed by atoms with van der Waals surface area (Å²) in [6, 6.07) is 12.5. The number of hydrogen-bond acceptors (Lipinski definition) is 6. The molecule has 0 unspecified atom stereocenters. The second kappa shape index (κ2) is 8.54. The average Bonchev–Trinajstić information content (AvgIpc) is 3.39. The number of hydrogen-bond donors (Lipinski definition) is 1. The van der Waals surface area contributed by atoms with Gasteiger partial charge in [-0.15, -0.1) is 11.3 Å². The summed E-state index contributed by atoms with van der Waals surface area (Å²) in [7, 11) is 3.12. The van der Waals surface area contributed by atoms with Gasteiger partial charge in [0, 0.05) is 23.7 Å². The Kier molecular flexibility index (Phi) is 5.67. The van der Waals surface area contributed by atoms with Crippen LogP contribution < -0.4 is 14.8 Å². The second-order valence-corrected chi connectivity index (χ2v) is 7.70. The van der Waals surface area contributed by atoms with Gasteiger partial charge in [-0.1, -0.05) is 24.3 Å². The van der Waals surface area contributed by atoms with E-state index in [0.29, 0.717) is 28.7 Å². The maximum atomic E-state index is 13.1. The van der Waals surface area contributed by atoms with E-state index in [-0.39, 0.29) is 18.2 Å². The zero-order chi connectivity index (χ0) is 21.1. The summed E-state index contributed by atoms with van der Waals surface area (Å²) in [6.45, 7) is 0.443. The number of anilines is 1. The molecule has 0 spiro atoms. The van der Waals surface area contributed by atoms with Gasteiger partial charge in [-0.2, -0.15) is 0 Å². The molecule has 1 atom stereocenters. The van der Waals surface area contributed by atoms with Crippen molar-refractivity contribution < 1.29 is 19.1 Å². The molecule has 1 N–H and O–H groups in total. The van der Waals surface area contributed by atoms with Crippen LogP contribution >= 0.6 is 11.3 Å². The van der Waals surface area contributed by atoms with Gasteiger partial charge in [-0.3, -0.25) is 9.59 Å². The lowest BCUT2D eigenvalue weighted by atomic mass is 10.0. The van der Waals surface area contributed by atoms with Crippen LogP contribution in [0.2, 0.25) is 0 Å². The van der Waals surface area contributed by atoms with Gasteiger partial charge in [-0.05, 0) is 29.3 Å². The first kappa shape index (κ1) is 19.9. The Morgan fingerprint density at radius 2 is 2.00 bits per heavy atom. The zero-order valence-corrected chi connectivity index (χ0v) is 17.4. The van der Waals surface area contributed by atoms with Crippen molar-refractivity contribution in [2.75, 3.05) is 19.5 Å². The molecule has 30 heavy (non-hydrogen) atoms. The number of benzene rings is 2. The molecule has 0 fully saturated rings. The number of nitrogens with zero attached hydrogens (tertiary/aromatic N) is 2. The summed E-state index contributed by atoms with van der Waals surface area (Å²) in [6.07, 6.45) is 1.72. The topological polar surface area (TPSA) is 80.8 Å². The molecule has 1 aliphatic heterocycles. The summed E-state index contributed by atoms with van der Waals surface area (Å²) in [4.78, 5) is 31.7. The molecule has 0 radical (unpaired) electrons. The molecule has 0 bridgehead atoms. The van der Waals surface area contributed by atoms with Crippen LogP contribution in [0.25, 0.3) is 0 Å². The standard InChI is InChI=1S/C22H21N3O4S/c1-28-18-8-7-14(11-19(18)29-2)17(12-20(26)24-22-23-9-10-30-22)25-13-15-5-3-4-6-16(15)21(25)27/h3-11,17H,12-13H2,1-2H3,(H,23,24,26)/t17-/m1/s1. The largest absolute Gasteiger partial charge is 0.493 e. The molecule has 1 aromatic heterocycles. The molecule has 3 aromatic rings. The van der Waals surface area contributed by atoms with Gasteiger partial charge in [0.1, 0.15) is 0 Å². The van der Waals surface area contributed by atoms with Crippen LogP contribution in [-0.2, 0) is 11.3 Å². The highest BCUT2D eigenvalue weighted by Gasteiger charge is 2.35. The lowest BCUT2D eigenvalue weighted by molar-refractivity contribution is -0.117. The van der Waals surface area contributed by atoms with E-state index in [9.17, 15) is 9.59 Å². The molecular formula is C22H21N3O4S. The molecule has 0 saturated carbocycles. The van der Waals surface area contributed by atoms with Crippen LogP contribution in [0.5, 0.6) is 11.5 Å². The summed E-state index contributed by atoms with van der Waals surface area (Å²) in [5, 5.41) is 5.13. The molecular weight excluding hydrogens is 402 g/mol. The predicted molar refractivity (Wildman–Crippen MR) is 114 cm³/mol. The van der Waals surface area contributed by atoms with E-state index in [2.05, 4.69) is 10.3 Å². The van der Waals surface area contributed by atoms with Crippen molar-refractivity contribution in [3.8, 4) is 11.5 Å². The van der Waals surface area contributed by atoms with Crippen LogP contribution in [-0.4, -0.2) is 35.9 Å². The highest BCUT2D eigenvalue weighted by molar-refractivity contribution is 7.13. The zero-order valence-electron chi connectivity index (χ0n) is 16.6. The molecule has 8 heteroatoms. The Morgan fingerprint density at radius 1 is 1.20 bits per heavy atom. The summed E-state index contributed by atoms with van der Waals surface area (Å²) < 4.78 is 10.8. The number of nitrogens with one attached hydrogen (secondary N) is 1. The van der Waals surface area contributed by atoms with E-state index < -0.39 is 6.04 Å². The van der Waals surface area contributed by atoms with E-state index in [1.165, 1.54) is 11.3 Å². The number of carbonyl (C=O) groups is 2. The first-order valence-corrected chi connectivity index (χ1v) is 10.3. The van der Waals surface area contributed by atoms with Crippen molar-refractivity contribution in [2.24, 2.45) is 0 Å². The number of rotatable bonds is 7. The Morgan fingerprint density at radius 3 is 2.70 bits per heavy atom. The van der Waals surface area contributed by atoms with Gasteiger partial charge < -0.3 is 19.7 Å². The third-order valence-electron chi connectivity index (χ3n) is 5.08. The van der Waals surface area contributed by atoms with Gasteiger partial charge in [0.05, 0.1) is 26.7 Å². The van der Waals surface area contributed by atoms with Gasteiger partial charge in [0.2, 0.25) is 5.91 Å². The second-order valence-electron chi connectivity index (χ2n) is 6.81. The number of thiazole rings is 1. The monoisotopic (exact) mass is 423 g/mol.